The molecule has 1 aliphatic heterocycles. The van der Waals surface area contributed by atoms with Crippen LogP contribution in [0.25, 0.3) is 0 Å². The molecular formula is C16H14F3NO. The number of para-hydroxylation sites is 1. The number of anilines is 1. The van der Waals surface area contributed by atoms with Crippen molar-refractivity contribution in [1.29, 1.82) is 0 Å². The van der Waals surface area contributed by atoms with Crippen LogP contribution in [0.4, 0.5) is 18.9 Å². The third kappa shape index (κ3) is 2.68. The van der Waals surface area contributed by atoms with Crippen LogP contribution in [0, 0.1) is 0 Å². The van der Waals surface area contributed by atoms with E-state index in [-0.39, 0.29) is 0 Å². The molecule has 1 aliphatic rings. The summed E-state index contributed by atoms with van der Waals surface area (Å²) < 4.78 is 37.8. The van der Waals surface area contributed by atoms with E-state index in [4.69, 9.17) is 0 Å². The van der Waals surface area contributed by atoms with Gasteiger partial charge in [0.25, 0.3) is 0 Å². The zero-order valence-electron chi connectivity index (χ0n) is 11.2. The van der Waals surface area contributed by atoms with E-state index >= 15 is 0 Å². The zero-order chi connectivity index (χ0) is 15.0. The molecular weight excluding hydrogens is 279 g/mol. The Morgan fingerprint density at radius 1 is 1.10 bits per heavy atom. The average molecular weight is 293 g/mol. The molecule has 0 amide bonds. The van der Waals surface area contributed by atoms with Crippen molar-refractivity contribution in [3.63, 3.8) is 0 Å². The van der Waals surface area contributed by atoms with Gasteiger partial charge in [0.15, 0.2) is 0 Å². The van der Waals surface area contributed by atoms with Crippen LogP contribution < -0.4 is 4.90 Å². The van der Waals surface area contributed by atoms with Crippen molar-refractivity contribution < 1.29 is 18.3 Å². The van der Waals surface area contributed by atoms with Crippen molar-refractivity contribution in [1.82, 2.24) is 0 Å². The molecule has 2 nitrogen and oxygen atoms in total. The molecule has 5 heteroatoms. The fourth-order valence-corrected chi connectivity index (χ4v) is 2.71. The highest BCUT2D eigenvalue weighted by atomic mass is 19.4. The third-order valence-corrected chi connectivity index (χ3v) is 3.72. The smallest absolute Gasteiger partial charge is 0.419 e. The van der Waals surface area contributed by atoms with Crippen molar-refractivity contribution in [2.75, 3.05) is 11.4 Å². The normalized spacial score (nSPS) is 14.3. The molecule has 110 valence electrons. The van der Waals surface area contributed by atoms with E-state index in [2.05, 4.69) is 11.0 Å². The van der Waals surface area contributed by atoms with E-state index in [9.17, 15) is 18.3 Å². The summed E-state index contributed by atoms with van der Waals surface area (Å²) in [6.45, 7) is 1.32. The van der Waals surface area contributed by atoms with E-state index in [1.165, 1.54) is 17.7 Å². The van der Waals surface area contributed by atoms with Crippen molar-refractivity contribution in [2.24, 2.45) is 0 Å². The van der Waals surface area contributed by atoms with E-state index in [0.29, 0.717) is 12.1 Å². The third-order valence-electron chi connectivity index (χ3n) is 3.72. The van der Waals surface area contributed by atoms with Gasteiger partial charge in [0.05, 0.1) is 5.56 Å². The summed E-state index contributed by atoms with van der Waals surface area (Å²) in [5.41, 5.74) is 2.02. The van der Waals surface area contributed by atoms with Gasteiger partial charge in [-0.3, -0.25) is 0 Å². The van der Waals surface area contributed by atoms with Gasteiger partial charge in [-0.25, -0.2) is 0 Å². The molecule has 21 heavy (non-hydrogen) atoms. The molecule has 0 unspecified atom stereocenters. The lowest BCUT2D eigenvalue weighted by molar-refractivity contribution is -0.138. The van der Waals surface area contributed by atoms with Gasteiger partial charge < -0.3 is 10.0 Å². The lowest BCUT2D eigenvalue weighted by Gasteiger charge is -2.20. The topological polar surface area (TPSA) is 23.5 Å². The van der Waals surface area contributed by atoms with E-state index in [1.807, 2.05) is 18.2 Å². The molecule has 0 aliphatic carbocycles. The molecule has 0 atom stereocenters. The number of fused-ring (bicyclic) bond motifs is 1. The Bertz CT molecular complexity index is 667. The molecule has 0 saturated heterocycles. The van der Waals surface area contributed by atoms with E-state index in [1.54, 1.807) is 0 Å². The second-order valence-electron chi connectivity index (χ2n) is 5.15. The monoisotopic (exact) mass is 293 g/mol. The second-order valence-corrected chi connectivity index (χ2v) is 5.15. The quantitative estimate of drug-likeness (QED) is 0.905. The summed E-state index contributed by atoms with van der Waals surface area (Å²) >= 11 is 0. The molecule has 2 aromatic carbocycles. The summed E-state index contributed by atoms with van der Waals surface area (Å²) in [5, 5.41) is 9.56. The first kappa shape index (κ1) is 13.8. The summed E-state index contributed by atoms with van der Waals surface area (Å²) in [7, 11) is 0. The number of rotatable bonds is 2. The number of halogens is 3. The molecule has 2 aromatic rings. The van der Waals surface area contributed by atoms with Crippen LogP contribution >= 0.6 is 0 Å². The lowest BCUT2D eigenvalue weighted by Crippen LogP contribution is -2.19. The maximum absolute atomic E-state index is 12.6. The Morgan fingerprint density at radius 3 is 2.57 bits per heavy atom. The number of nitrogens with zero attached hydrogens (tertiary/aromatic N) is 1. The molecule has 0 bridgehead atoms. The van der Waals surface area contributed by atoms with Crippen LogP contribution in [0.15, 0.2) is 42.5 Å². The van der Waals surface area contributed by atoms with Gasteiger partial charge in [-0.05, 0) is 35.7 Å². The van der Waals surface area contributed by atoms with Gasteiger partial charge in [0.1, 0.15) is 5.75 Å². The number of hydrogen-bond donors (Lipinski definition) is 1. The minimum absolute atomic E-state index is 0.489. The number of alkyl halides is 3. The van der Waals surface area contributed by atoms with Gasteiger partial charge in [0, 0.05) is 18.8 Å². The first-order chi connectivity index (χ1) is 9.95. The minimum Gasteiger partial charge on any atom is -0.507 e. The predicted octanol–water partition coefficient (Wildman–Crippen LogP) is 3.97. The standard InChI is InChI=1S/C16H14F3NO/c17-16(18,19)13-6-5-11(9-15(13)21)10-20-8-7-12-3-1-2-4-14(12)20/h1-6,9,21H,7-8,10H2. The molecule has 0 saturated carbocycles. The fourth-order valence-electron chi connectivity index (χ4n) is 2.71. The maximum atomic E-state index is 12.6. The molecule has 0 fully saturated rings. The number of benzene rings is 2. The number of hydrogen-bond acceptors (Lipinski definition) is 2. The van der Waals surface area contributed by atoms with Crippen molar-refractivity contribution in [3.05, 3.63) is 59.2 Å². The van der Waals surface area contributed by atoms with Crippen LogP contribution in [0.5, 0.6) is 5.75 Å². The highest BCUT2D eigenvalue weighted by molar-refractivity contribution is 5.58. The predicted molar refractivity (Wildman–Crippen MR) is 74.3 cm³/mol. The Labute approximate surface area is 120 Å². The molecule has 0 aromatic heterocycles. The summed E-state index contributed by atoms with van der Waals surface area (Å²) in [5.74, 6) is -0.715. The number of aromatic hydroxyl groups is 1. The van der Waals surface area contributed by atoms with Gasteiger partial charge in [-0.2, -0.15) is 13.2 Å². The second kappa shape index (κ2) is 4.98. The van der Waals surface area contributed by atoms with Crippen LogP contribution in [0.2, 0.25) is 0 Å². The Balaban J connectivity index is 1.83. The van der Waals surface area contributed by atoms with Crippen LogP contribution in [-0.4, -0.2) is 11.7 Å². The van der Waals surface area contributed by atoms with Crippen molar-refractivity contribution in [3.8, 4) is 5.75 Å². The largest absolute Gasteiger partial charge is 0.507 e. The van der Waals surface area contributed by atoms with Gasteiger partial charge in [-0.15, -0.1) is 0 Å². The van der Waals surface area contributed by atoms with Gasteiger partial charge in [-0.1, -0.05) is 24.3 Å². The van der Waals surface area contributed by atoms with Crippen molar-refractivity contribution >= 4 is 5.69 Å². The maximum Gasteiger partial charge on any atom is 0.419 e. The zero-order valence-corrected chi connectivity index (χ0v) is 11.2. The van der Waals surface area contributed by atoms with Crippen LogP contribution in [0.1, 0.15) is 16.7 Å². The lowest BCUT2D eigenvalue weighted by atomic mass is 10.1. The van der Waals surface area contributed by atoms with Gasteiger partial charge >= 0.3 is 6.18 Å². The summed E-state index contributed by atoms with van der Waals surface area (Å²) in [4.78, 5) is 2.11. The number of phenols is 1. The highest BCUT2D eigenvalue weighted by Gasteiger charge is 2.33. The number of phenolic OH excluding ortho intramolecular Hbond substituents is 1. The minimum atomic E-state index is -4.52. The molecule has 3 rings (SSSR count). The first-order valence-electron chi connectivity index (χ1n) is 6.67. The fraction of sp³-hybridized carbons (Fsp3) is 0.250. The summed E-state index contributed by atoms with van der Waals surface area (Å²) in [6, 6.07) is 11.5. The van der Waals surface area contributed by atoms with Crippen LogP contribution in [-0.2, 0) is 19.1 Å². The molecule has 1 heterocycles. The summed E-state index contributed by atoms with van der Waals surface area (Å²) in [6.07, 6.45) is -3.59. The van der Waals surface area contributed by atoms with E-state index < -0.39 is 17.5 Å². The van der Waals surface area contributed by atoms with Crippen molar-refractivity contribution in [2.45, 2.75) is 19.1 Å². The Morgan fingerprint density at radius 2 is 1.86 bits per heavy atom. The average Bonchev–Trinajstić information content (AvgIpc) is 2.81. The van der Waals surface area contributed by atoms with Gasteiger partial charge in [0.2, 0.25) is 0 Å². The SMILES string of the molecule is Oc1cc(CN2CCc3ccccc32)ccc1C(F)(F)F. The Hall–Kier alpha value is -2.17. The highest BCUT2D eigenvalue weighted by Crippen LogP contribution is 2.36. The Kier molecular flexibility index (Phi) is 3.27. The molecule has 1 N–H and O–H groups in total. The first-order valence-corrected chi connectivity index (χ1v) is 6.67. The van der Waals surface area contributed by atoms with Crippen LogP contribution in [0.3, 0.4) is 0 Å². The molecule has 0 spiro atoms. The van der Waals surface area contributed by atoms with E-state index in [0.717, 1.165) is 24.7 Å². The molecule has 0 radical (unpaired) electrons.